The second-order valence-corrected chi connectivity index (χ2v) is 5.27. The lowest BCUT2D eigenvalue weighted by atomic mass is 9.85. The zero-order valence-electron chi connectivity index (χ0n) is 11.6. The fourth-order valence-corrected chi connectivity index (χ4v) is 2.62. The third kappa shape index (κ3) is 2.03. The highest BCUT2D eigenvalue weighted by atomic mass is 16.7. The first-order valence-electron chi connectivity index (χ1n) is 6.87. The Balaban J connectivity index is 1.82. The van der Waals surface area contributed by atoms with Crippen LogP contribution in [-0.4, -0.2) is 36.1 Å². The molecule has 6 nitrogen and oxygen atoms in total. The second kappa shape index (κ2) is 4.96. The highest BCUT2D eigenvalue weighted by Gasteiger charge is 2.46. The average molecular weight is 289 g/mol. The van der Waals surface area contributed by atoms with Gasteiger partial charge in [0.05, 0.1) is 23.1 Å². The van der Waals surface area contributed by atoms with E-state index in [0.29, 0.717) is 24.5 Å². The molecule has 3 rings (SSSR count). The SMILES string of the molecule is CCC1(C(=O)ON2C(=O)c3ccccc3C2=O)CCOC1. The van der Waals surface area contributed by atoms with Crippen LogP contribution in [0.1, 0.15) is 40.5 Å². The summed E-state index contributed by atoms with van der Waals surface area (Å²) >= 11 is 0. The van der Waals surface area contributed by atoms with E-state index in [-0.39, 0.29) is 17.7 Å². The van der Waals surface area contributed by atoms with E-state index in [9.17, 15) is 14.4 Å². The number of hydrogen-bond acceptors (Lipinski definition) is 5. The minimum atomic E-state index is -0.769. The zero-order valence-corrected chi connectivity index (χ0v) is 11.6. The van der Waals surface area contributed by atoms with Crippen molar-refractivity contribution in [1.82, 2.24) is 5.06 Å². The van der Waals surface area contributed by atoms with Gasteiger partial charge < -0.3 is 9.57 Å². The number of fused-ring (bicyclic) bond motifs is 1. The van der Waals surface area contributed by atoms with Crippen molar-refractivity contribution in [3.8, 4) is 0 Å². The summed E-state index contributed by atoms with van der Waals surface area (Å²) in [5.41, 5.74) is -0.262. The molecule has 0 saturated carbocycles. The molecule has 2 amide bonds. The van der Waals surface area contributed by atoms with Crippen molar-refractivity contribution in [3.63, 3.8) is 0 Å². The Morgan fingerprint density at radius 3 is 2.38 bits per heavy atom. The van der Waals surface area contributed by atoms with Gasteiger partial charge in [0.25, 0.3) is 11.8 Å². The van der Waals surface area contributed by atoms with Crippen LogP contribution in [0.5, 0.6) is 0 Å². The van der Waals surface area contributed by atoms with E-state index in [0.717, 1.165) is 0 Å². The first kappa shape index (κ1) is 13.8. The van der Waals surface area contributed by atoms with Crippen LogP contribution >= 0.6 is 0 Å². The van der Waals surface area contributed by atoms with Crippen LogP contribution in [0.4, 0.5) is 0 Å². The number of hydrogen-bond donors (Lipinski definition) is 0. The molecule has 1 aromatic rings. The third-order valence-corrected chi connectivity index (χ3v) is 4.14. The van der Waals surface area contributed by atoms with E-state index in [4.69, 9.17) is 9.57 Å². The van der Waals surface area contributed by atoms with Gasteiger partial charge in [0.1, 0.15) is 0 Å². The predicted molar refractivity (Wildman–Crippen MR) is 71.2 cm³/mol. The minimum Gasteiger partial charge on any atom is -0.380 e. The molecule has 2 aliphatic rings. The quantitative estimate of drug-likeness (QED) is 0.789. The summed E-state index contributed by atoms with van der Waals surface area (Å²) in [6.07, 6.45) is 1.07. The summed E-state index contributed by atoms with van der Waals surface area (Å²) in [5.74, 6) is -1.79. The van der Waals surface area contributed by atoms with Crippen molar-refractivity contribution in [1.29, 1.82) is 0 Å². The average Bonchev–Trinajstić information content (AvgIpc) is 3.08. The fourth-order valence-electron chi connectivity index (χ4n) is 2.62. The van der Waals surface area contributed by atoms with E-state index >= 15 is 0 Å². The van der Waals surface area contributed by atoms with Gasteiger partial charge in [0, 0.05) is 6.61 Å². The molecule has 1 fully saturated rings. The molecule has 2 aliphatic heterocycles. The number of benzene rings is 1. The molecule has 0 aliphatic carbocycles. The molecule has 1 unspecified atom stereocenters. The Kier molecular flexibility index (Phi) is 3.25. The number of carbonyl (C=O) groups is 3. The molecule has 1 saturated heterocycles. The van der Waals surface area contributed by atoms with Gasteiger partial charge in [-0.3, -0.25) is 9.59 Å². The van der Waals surface area contributed by atoms with Crippen LogP contribution in [0.2, 0.25) is 0 Å². The Morgan fingerprint density at radius 2 is 1.90 bits per heavy atom. The first-order chi connectivity index (χ1) is 10.1. The van der Waals surface area contributed by atoms with Gasteiger partial charge in [-0.15, -0.1) is 0 Å². The van der Waals surface area contributed by atoms with Crippen LogP contribution in [-0.2, 0) is 14.4 Å². The summed E-state index contributed by atoms with van der Waals surface area (Å²) in [7, 11) is 0. The Morgan fingerprint density at radius 1 is 1.29 bits per heavy atom. The fraction of sp³-hybridized carbons (Fsp3) is 0.400. The molecule has 0 spiro atoms. The van der Waals surface area contributed by atoms with Crippen LogP contribution in [0, 0.1) is 5.41 Å². The van der Waals surface area contributed by atoms with Gasteiger partial charge in [0.2, 0.25) is 0 Å². The van der Waals surface area contributed by atoms with Crippen LogP contribution in [0.3, 0.4) is 0 Å². The van der Waals surface area contributed by atoms with Gasteiger partial charge in [-0.05, 0) is 25.0 Å². The molecule has 6 heteroatoms. The maximum Gasteiger partial charge on any atom is 0.341 e. The molecule has 0 bridgehead atoms. The Labute approximate surface area is 121 Å². The monoisotopic (exact) mass is 289 g/mol. The van der Waals surface area contributed by atoms with E-state index in [1.54, 1.807) is 12.1 Å². The lowest BCUT2D eigenvalue weighted by molar-refractivity contribution is -0.181. The Hall–Kier alpha value is -2.21. The largest absolute Gasteiger partial charge is 0.380 e. The molecule has 1 aromatic carbocycles. The van der Waals surface area contributed by atoms with E-state index < -0.39 is 23.2 Å². The molecule has 1 atom stereocenters. The molecule has 0 N–H and O–H groups in total. The number of imide groups is 1. The van der Waals surface area contributed by atoms with Crippen molar-refractivity contribution in [2.45, 2.75) is 19.8 Å². The van der Waals surface area contributed by atoms with Crippen molar-refractivity contribution in [2.75, 3.05) is 13.2 Å². The summed E-state index contributed by atoms with van der Waals surface area (Å²) in [6.45, 7) is 2.59. The zero-order chi connectivity index (χ0) is 15.0. The smallest absolute Gasteiger partial charge is 0.341 e. The van der Waals surface area contributed by atoms with Crippen molar-refractivity contribution < 1.29 is 24.0 Å². The minimum absolute atomic E-state index is 0.253. The summed E-state index contributed by atoms with van der Waals surface area (Å²) in [5, 5.41) is 0.558. The number of nitrogens with zero attached hydrogens (tertiary/aromatic N) is 1. The highest BCUT2D eigenvalue weighted by Crippen LogP contribution is 2.35. The number of carbonyl (C=O) groups excluding carboxylic acids is 3. The molecule has 0 radical (unpaired) electrons. The van der Waals surface area contributed by atoms with Crippen LogP contribution < -0.4 is 0 Å². The lowest BCUT2D eigenvalue weighted by Gasteiger charge is -2.24. The topological polar surface area (TPSA) is 72.9 Å². The summed E-state index contributed by atoms with van der Waals surface area (Å²) < 4.78 is 5.26. The maximum absolute atomic E-state index is 12.3. The third-order valence-electron chi connectivity index (χ3n) is 4.14. The van der Waals surface area contributed by atoms with Gasteiger partial charge in [0.15, 0.2) is 0 Å². The second-order valence-electron chi connectivity index (χ2n) is 5.27. The number of rotatable bonds is 3. The lowest BCUT2D eigenvalue weighted by Crippen LogP contribution is -2.40. The summed E-state index contributed by atoms with van der Waals surface area (Å²) in [4.78, 5) is 41.8. The Bertz CT molecular complexity index is 583. The van der Waals surface area contributed by atoms with Crippen molar-refractivity contribution >= 4 is 17.8 Å². The van der Waals surface area contributed by atoms with Crippen molar-refractivity contribution in [2.24, 2.45) is 5.41 Å². The van der Waals surface area contributed by atoms with Gasteiger partial charge >= 0.3 is 5.97 Å². The standard InChI is InChI=1S/C15H15NO5/c1-2-15(7-8-20-9-15)14(19)21-16-12(17)10-5-3-4-6-11(10)13(16)18/h3-6H,2,7-9H2,1H3. The molecule has 2 heterocycles. The highest BCUT2D eigenvalue weighted by molar-refractivity contribution is 6.20. The normalized spacial score (nSPS) is 24.3. The maximum atomic E-state index is 12.3. The number of ether oxygens (including phenoxy) is 1. The van der Waals surface area contributed by atoms with Crippen LogP contribution in [0.25, 0.3) is 0 Å². The predicted octanol–water partition coefficient (Wildman–Crippen LogP) is 1.56. The van der Waals surface area contributed by atoms with Gasteiger partial charge in [-0.1, -0.05) is 24.1 Å². The van der Waals surface area contributed by atoms with Gasteiger partial charge in [-0.2, -0.15) is 0 Å². The molecule has 110 valence electrons. The van der Waals surface area contributed by atoms with Crippen molar-refractivity contribution in [3.05, 3.63) is 35.4 Å². The van der Waals surface area contributed by atoms with Crippen LogP contribution in [0.15, 0.2) is 24.3 Å². The molecule has 0 aromatic heterocycles. The first-order valence-corrected chi connectivity index (χ1v) is 6.87. The van der Waals surface area contributed by atoms with E-state index in [2.05, 4.69) is 0 Å². The number of amides is 2. The molecular formula is C15H15NO5. The molecule has 21 heavy (non-hydrogen) atoms. The van der Waals surface area contributed by atoms with E-state index in [1.807, 2.05) is 6.92 Å². The number of hydroxylamine groups is 2. The van der Waals surface area contributed by atoms with Gasteiger partial charge in [-0.25, -0.2) is 4.79 Å². The molecular weight excluding hydrogens is 274 g/mol. The summed E-state index contributed by atoms with van der Waals surface area (Å²) in [6, 6.07) is 6.40. The van der Waals surface area contributed by atoms with E-state index in [1.165, 1.54) is 12.1 Å².